The Hall–Kier alpha value is -0.970. The summed E-state index contributed by atoms with van der Waals surface area (Å²) in [7, 11) is 0. The summed E-state index contributed by atoms with van der Waals surface area (Å²) in [5.74, 6) is -0.0409. The number of nitrogens with zero attached hydrogens (tertiary/aromatic N) is 1. The standard InChI is InChI=1S/C13H20ClNO4/c1-12(2,3)19-11(17)15-5-4-13(6-9(13)7-15)10(16)18-8-14/h9H,4-8H2,1-3H3/t9-,13+/m1/s1. The molecule has 1 aliphatic carbocycles. The Morgan fingerprint density at radius 2 is 2.11 bits per heavy atom. The Bertz CT molecular complexity index is 393. The largest absolute Gasteiger partial charge is 0.449 e. The van der Waals surface area contributed by atoms with Gasteiger partial charge in [0.25, 0.3) is 0 Å². The monoisotopic (exact) mass is 289 g/mol. The van der Waals surface area contributed by atoms with Crippen LogP contribution in [0.2, 0.25) is 0 Å². The average molecular weight is 290 g/mol. The zero-order valence-electron chi connectivity index (χ0n) is 11.6. The summed E-state index contributed by atoms with van der Waals surface area (Å²) in [5, 5.41) is 0. The number of fused-ring (bicyclic) bond motifs is 1. The maximum absolute atomic E-state index is 11.9. The topological polar surface area (TPSA) is 55.8 Å². The molecule has 2 aliphatic rings. The minimum atomic E-state index is -0.493. The first-order valence-electron chi connectivity index (χ1n) is 6.49. The molecule has 0 bridgehead atoms. The fraction of sp³-hybridized carbons (Fsp3) is 0.846. The van der Waals surface area contributed by atoms with Gasteiger partial charge >= 0.3 is 12.1 Å². The van der Waals surface area contributed by atoms with Gasteiger partial charge in [-0.2, -0.15) is 0 Å². The molecule has 1 amide bonds. The first kappa shape index (κ1) is 14.4. The molecule has 1 heterocycles. The van der Waals surface area contributed by atoms with Crippen molar-refractivity contribution in [2.24, 2.45) is 11.3 Å². The lowest BCUT2D eigenvalue weighted by Gasteiger charge is -2.32. The highest BCUT2D eigenvalue weighted by atomic mass is 35.5. The molecule has 2 fully saturated rings. The molecule has 0 unspecified atom stereocenters. The molecule has 19 heavy (non-hydrogen) atoms. The van der Waals surface area contributed by atoms with Crippen LogP contribution in [-0.4, -0.2) is 41.7 Å². The number of esters is 1. The van der Waals surface area contributed by atoms with Crippen molar-refractivity contribution < 1.29 is 19.1 Å². The van der Waals surface area contributed by atoms with Gasteiger partial charge in [0.1, 0.15) is 5.60 Å². The van der Waals surface area contributed by atoms with Crippen molar-refractivity contribution in [1.29, 1.82) is 0 Å². The van der Waals surface area contributed by atoms with Crippen LogP contribution in [0.25, 0.3) is 0 Å². The second-order valence-electron chi connectivity index (χ2n) is 6.27. The van der Waals surface area contributed by atoms with E-state index in [2.05, 4.69) is 0 Å². The maximum atomic E-state index is 11.9. The van der Waals surface area contributed by atoms with Gasteiger partial charge in [0, 0.05) is 13.1 Å². The number of amides is 1. The van der Waals surface area contributed by atoms with Crippen molar-refractivity contribution in [2.75, 3.05) is 19.2 Å². The average Bonchev–Trinajstić information content (AvgIpc) is 3.01. The minimum absolute atomic E-state index is 0.108. The van der Waals surface area contributed by atoms with Crippen LogP contribution in [0.3, 0.4) is 0 Å². The number of carbonyl (C=O) groups excluding carboxylic acids is 2. The van der Waals surface area contributed by atoms with Gasteiger partial charge in [0.15, 0.2) is 6.07 Å². The van der Waals surface area contributed by atoms with Gasteiger partial charge in [-0.05, 0) is 39.5 Å². The molecule has 0 aromatic carbocycles. The molecule has 108 valence electrons. The van der Waals surface area contributed by atoms with E-state index in [1.807, 2.05) is 20.8 Å². The summed E-state index contributed by atoms with van der Waals surface area (Å²) in [4.78, 5) is 25.4. The van der Waals surface area contributed by atoms with E-state index in [1.165, 1.54) is 0 Å². The lowest BCUT2D eigenvalue weighted by Crippen LogP contribution is -2.44. The SMILES string of the molecule is CC(C)(C)OC(=O)N1CC[C@]2(C(=O)OCCl)C[C@@H]2C1. The van der Waals surface area contributed by atoms with Gasteiger partial charge in [-0.25, -0.2) is 4.79 Å². The van der Waals surface area contributed by atoms with Gasteiger partial charge < -0.3 is 14.4 Å². The number of likely N-dealkylation sites (tertiary alicyclic amines) is 1. The highest BCUT2D eigenvalue weighted by molar-refractivity contribution is 6.17. The van der Waals surface area contributed by atoms with Crippen LogP contribution in [0.15, 0.2) is 0 Å². The van der Waals surface area contributed by atoms with E-state index in [4.69, 9.17) is 21.1 Å². The number of hydrogen-bond donors (Lipinski definition) is 0. The van der Waals surface area contributed by atoms with Gasteiger partial charge in [-0.15, -0.1) is 0 Å². The predicted molar refractivity (Wildman–Crippen MR) is 69.8 cm³/mol. The molecule has 0 aromatic rings. The fourth-order valence-corrected chi connectivity index (χ4v) is 2.75. The molecule has 0 aromatic heterocycles. The van der Waals surface area contributed by atoms with Crippen LogP contribution in [0.5, 0.6) is 0 Å². The highest BCUT2D eigenvalue weighted by Gasteiger charge is 2.63. The molecule has 1 saturated heterocycles. The number of hydrogen-bond acceptors (Lipinski definition) is 4. The summed E-state index contributed by atoms with van der Waals surface area (Å²) in [6.07, 6.45) is 1.10. The molecule has 0 radical (unpaired) electrons. The van der Waals surface area contributed by atoms with E-state index in [1.54, 1.807) is 4.90 Å². The Morgan fingerprint density at radius 1 is 1.42 bits per heavy atom. The minimum Gasteiger partial charge on any atom is -0.449 e. The molecule has 5 nitrogen and oxygen atoms in total. The summed E-state index contributed by atoms with van der Waals surface area (Å²) in [6, 6.07) is -0.108. The number of alkyl halides is 1. The first-order valence-corrected chi connectivity index (χ1v) is 7.03. The van der Waals surface area contributed by atoms with Gasteiger partial charge in [-0.1, -0.05) is 11.6 Å². The molecular weight excluding hydrogens is 270 g/mol. The second-order valence-corrected chi connectivity index (χ2v) is 6.49. The number of carbonyl (C=O) groups is 2. The van der Waals surface area contributed by atoms with Crippen LogP contribution in [0.1, 0.15) is 33.6 Å². The molecule has 6 heteroatoms. The fourth-order valence-electron chi connectivity index (χ4n) is 2.66. The molecule has 2 atom stereocenters. The molecule has 1 aliphatic heterocycles. The lowest BCUT2D eigenvalue weighted by atomic mass is 9.95. The second kappa shape index (κ2) is 4.85. The van der Waals surface area contributed by atoms with Gasteiger partial charge in [-0.3, -0.25) is 4.79 Å². The van der Waals surface area contributed by atoms with E-state index in [9.17, 15) is 9.59 Å². The van der Waals surface area contributed by atoms with Crippen molar-refractivity contribution in [1.82, 2.24) is 4.90 Å². The molecule has 1 saturated carbocycles. The smallest absolute Gasteiger partial charge is 0.410 e. The zero-order chi connectivity index (χ0) is 14.3. The number of piperidine rings is 1. The third-order valence-electron chi connectivity index (χ3n) is 3.74. The maximum Gasteiger partial charge on any atom is 0.410 e. The van der Waals surface area contributed by atoms with E-state index in [0.29, 0.717) is 19.5 Å². The van der Waals surface area contributed by atoms with E-state index in [0.717, 1.165) is 6.42 Å². The normalized spacial score (nSPS) is 29.5. The van der Waals surface area contributed by atoms with Crippen LogP contribution >= 0.6 is 11.6 Å². The summed E-state index contributed by atoms with van der Waals surface area (Å²) in [6.45, 7) is 6.62. The third-order valence-corrected chi connectivity index (χ3v) is 3.85. The molecule has 0 spiro atoms. The van der Waals surface area contributed by atoms with Crippen molar-refractivity contribution in [3.05, 3.63) is 0 Å². The molecule has 0 N–H and O–H groups in total. The Kier molecular flexibility index (Phi) is 3.69. The van der Waals surface area contributed by atoms with Crippen LogP contribution in [0, 0.1) is 11.3 Å². The Morgan fingerprint density at radius 3 is 2.63 bits per heavy atom. The van der Waals surface area contributed by atoms with E-state index >= 15 is 0 Å². The quantitative estimate of drug-likeness (QED) is 0.578. The predicted octanol–water partition coefficient (Wildman–Crippen LogP) is 2.37. The molecule has 2 rings (SSSR count). The van der Waals surface area contributed by atoms with Gasteiger partial charge in [0.2, 0.25) is 0 Å². The number of rotatable bonds is 2. The van der Waals surface area contributed by atoms with E-state index < -0.39 is 11.0 Å². The molecular formula is C13H20ClNO4. The van der Waals surface area contributed by atoms with Crippen molar-refractivity contribution in [3.8, 4) is 0 Å². The van der Waals surface area contributed by atoms with Crippen molar-refractivity contribution in [2.45, 2.75) is 39.2 Å². The number of halogens is 1. The zero-order valence-corrected chi connectivity index (χ0v) is 12.3. The van der Waals surface area contributed by atoms with E-state index in [-0.39, 0.29) is 24.0 Å². The summed E-state index contributed by atoms with van der Waals surface area (Å²) >= 11 is 5.42. The van der Waals surface area contributed by atoms with Crippen LogP contribution in [-0.2, 0) is 14.3 Å². The van der Waals surface area contributed by atoms with Crippen molar-refractivity contribution in [3.63, 3.8) is 0 Å². The summed E-state index contributed by atoms with van der Waals surface area (Å²) < 4.78 is 10.2. The van der Waals surface area contributed by atoms with Crippen LogP contribution < -0.4 is 0 Å². The third kappa shape index (κ3) is 2.96. The Balaban J connectivity index is 1.90. The van der Waals surface area contributed by atoms with Gasteiger partial charge in [0.05, 0.1) is 5.41 Å². The highest BCUT2D eigenvalue weighted by Crippen LogP contribution is 2.58. The number of ether oxygens (including phenoxy) is 2. The van der Waals surface area contributed by atoms with Crippen molar-refractivity contribution >= 4 is 23.7 Å². The lowest BCUT2D eigenvalue weighted by molar-refractivity contribution is -0.150. The Labute approximate surface area is 118 Å². The summed E-state index contributed by atoms with van der Waals surface area (Å²) in [5.41, 5.74) is -0.889. The van der Waals surface area contributed by atoms with Crippen LogP contribution in [0.4, 0.5) is 4.79 Å². The first-order chi connectivity index (χ1) is 8.78.